The van der Waals surface area contributed by atoms with Gasteiger partial charge >= 0.3 is 0 Å². The van der Waals surface area contributed by atoms with Crippen molar-refractivity contribution in [2.45, 2.75) is 45.7 Å². The van der Waals surface area contributed by atoms with Crippen molar-refractivity contribution < 1.29 is 9.53 Å². The minimum atomic E-state index is 0.0888. The summed E-state index contributed by atoms with van der Waals surface area (Å²) in [6.45, 7) is 8.44. The Hall–Kier alpha value is -1.55. The molecule has 1 fully saturated rings. The van der Waals surface area contributed by atoms with E-state index in [1.165, 1.54) is 0 Å². The second kappa shape index (κ2) is 7.46. The van der Waals surface area contributed by atoms with E-state index in [2.05, 4.69) is 19.2 Å². The predicted octanol–water partition coefficient (Wildman–Crippen LogP) is 2.69. The van der Waals surface area contributed by atoms with Gasteiger partial charge in [-0.25, -0.2) is 0 Å². The van der Waals surface area contributed by atoms with E-state index in [1.54, 1.807) is 0 Å². The molecule has 0 saturated carbocycles. The summed E-state index contributed by atoms with van der Waals surface area (Å²) in [4.78, 5) is 15.0. The van der Waals surface area contributed by atoms with Gasteiger partial charge in [-0.2, -0.15) is 0 Å². The van der Waals surface area contributed by atoms with Crippen molar-refractivity contribution in [3.63, 3.8) is 0 Å². The fraction of sp³-hybridized carbons (Fsp3) is 0.588. The molecule has 2 rings (SSSR count). The molecule has 1 heterocycles. The summed E-state index contributed by atoms with van der Waals surface area (Å²) < 4.78 is 5.61. The zero-order valence-corrected chi connectivity index (χ0v) is 13.3. The van der Waals surface area contributed by atoms with Gasteiger partial charge in [-0.1, -0.05) is 26.0 Å². The zero-order valence-electron chi connectivity index (χ0n) is 13.3. The Labute approximate surface area is 127 Å². The highest BCUT2D eigenvalue weighted by atomic mass is 16.5. The van der Waals surface area contributed by atoms with Crippen LogP contribution < -0.4 is 10.1 Å². The normalized spacial score (nSPS) is 22.1. The van der Waals surface area contributed by atoms with Crippen LogP contribution in [0.3, 0.4) is 0 Å². The van der Waals surface area contributed by atoms with Crippen LogP contribution in [0.4, 0.5) is 0 Å². The number of hydrogen-bond donors (Lipinski definition) is 1. The quantitative estimate of drug-likeness (QED) is 0.906. The molecular weight excluding hydrogens is 264 g/mol. The molecule has 0 bridgehead atoms. The monoisotopic (exact) mass is 290 g/mol. The van der Waals surface area contributed by atoms with E-state index in [0.29, 0.717) is 24.0 Å². The van der Waals surface area contributed by atoms with E-state index < -0.39 is 0 Å². The van der Waals surface area contributed by atoms with Crippen molar-refractivity contribution in [3.05, 3.63) is 29.8 Å². The number of amides is 1. The molecule has 116 valence electrons. The minimum absolute atomic E-state index is 0.0888. The van der Waals surface area contributed by atoms with E-state index in [4.69, 9.17) is 4.74 Å². The van der Waals surface area contributed by atoms with Crippen molar-refractivity contribution in [3.8, 4) is 5.75 Å². The molecule has 0 aromatic heterocycles. The fourth-order valence-electron chi connectivity index (χ4n) is 2.83. The number of nitrogens with zero attached hydrogens (tertiary/aromatic N) is 1. The van der Waals surface area contributed by atoms with Gasteiger partial charge in [0, 0.05) is 25.2 Å². The van der Waals surface area contributed by atoms with Gasteiger partial charge < -0.3 is 15.0 Å². The standard InChI is InChI=1S/C17H26N2O2/c1-4-13-12-19(14(5-2)11-18-13)17(20)15-9-7-8-10-16(15)21-6-3/h7-10,13-14,18H,4-6,11-12H2,1-3H3. The van der Waals surface area contributed by atoms with Crippen LogP contribution in [0.5, 0.6) is 5.75 Å². The number of piperazine rings is 1. The van der Waals surface area contributed by atoms with Crippen molar-refractivity contribution in [2.24, 2.45) is 0 Å². The molecule has 1 N–H and O–H groups in total. The second-order valence-corrected chi connectivity index (χ2v) is 5.46. The molecule has 4 heteroatoms. The van der Waals surface area contributed by atoms with E-state index in [0.717, 1.165) is 25.9 Å². The lowest BCUT2D eigenvalue weighted by atomic mass is 10.0. The third-order valence-electron chi connectivity index (χ3n) is 4.14. The van der Waals surface area contributed by atoms with Gasteiger partial charge in [0.25, 0.3) is 5.91 Å². The highest BCUT2D eigenvalue weighted by molar-refractivity contribution is 5.97. The lowest BCUT2D eigenvalue weighted by Gasteiger charge is -2.40. The molecule has 1 aliphatic heterocycles. The molecule has 0 radical (unpaired) electrons. The largest absolute Gasteiger partial charge is 0.493 e. The molecule has 1 aromatic carbocycles. The van der Waals surface area contributed by atoms with Crippen molar-refractivity contribution in [1.29, 1.82) is 0 Å². The second-order valence-electron chi connectivity index (χ2n) is 5.46. The van der Waals surface area contributed by atoms with Crippen molar-refractivity contribution in [2.75, 3.05) is 19.7 Å². The van der Waals surface area contributed by atoms with E-state index >= 15 is 0 Å². The third-order valence-corrected chi connectivity index (χ3v) is 4.14. The molecule has 2 atom stereocenters. The van der Waals surface area contributed by atoms with E-state index in [1.807, 2.05) is 36.1 Å². The highest BCUT2D eigenvalue weighted by Gasteiger charge is 2.31. The van der Waals surface area contributed by atoms with Crippen LogP contribution in [0.2, 0.25) is 0 Å². The summed E-state index contributed by atoms with van der Waals surface area (Å²) in [5.74, 6) is 0.775. The summed E-state index contributed by atoms with van der Waals surface area (Å²) in [7, 11) is 0. The predicted molar refractivity (Wildman–Crippen MR) is 84.8 cm³/mol. The van der Waals surface area contributed by atoms with Crippen LogP contribution in [-0.4, -0.2) is 42.6 Å². The van der Waals surface area contributed by atoms with Gasteiger partial charge in [0.05, 0.1) is 12.2 Å². The van der Waals surface area contributed by atoms with Gasteiger partial charge in [-0.3, -0.25) is 4.79 Å². The third kappa shape index (κ3) is 3.56. The summed E-state index contributed by atoms with van der Waals surface area (Å²) in [6.07, 6.45) is 2.00. The average Bonchev–Trinajstić information content (AvgIpc) is 2.54. The van der Waals surface area contributed by atoms with E-state index in [9.17, 15) is 4.79 Å². The van der Waals surface area contributed by atoms with Gasteiger partial charge in [-0.15, -0.1) is 0 Å². The number of carbonyl (C=O) groups excluding carboxylic acids is 1. The minimum Gasteiger partial charge on any atom is -0.493 e. The van der Waals surface area contributed by atoms with Crippen LogP contribution >= 0.6 is 0 Å². The highest BCUT2D eigenvalue weighted by Crippen LogP contribution is 2.23. The van der Waals surface area contributed by atoms with Crippen LogP contribution in [0, 0.1) is 0 Å². The molecule has 1 amide bonds. The first kappa shape index (κ1) is 15.8. The number of para-hydroxylation sites is 1. The summed E-state index contributed by atoms with van der Waals surface area (Å²) >= 11 is 0. The Morgan fingerprint density at radius 1 is 1.29 bits per heavy atom. The molecule has 0 spiro atoms. The molecule has 4 nitrogen and oxygen atoms in total. The van der Waals surface area contributed by atoms with E-state index in [-0.39, 0.29) is 11.9 Å². The number of rotatable bonds is 5. The number of benzene rings is 1. The first-order valence-electron chi connectivity index (χ1n) is 7.97. The fourth-order valence-corrected chi connectivity index (χ4v) is 2.83. The SMILES string of the molecule is CCOc1ccccc1C(=O)N1CC(CC)NCC1CC. The maximum atomic E-state index is 12.9. The summed E-state index contributed by atoms with van der Waals surface area (Å²) in [6, 6.07) is 8.19. The smallest absolute Gasteiger partial charge is 0.257 e. The Balaban J connectivity index is 2.24. The molecule has 2 unspecified atom stereocenters. The molecule has 1 aliphatic rings. The van der Waals surface area contributed by atoms with Crippen molar-refractivity contribution >= 4 is 5.91 Å². The van der Waals surface area contributed by atoms with Crippen LogP contribution in [0.1, 0.15) is 44.0 Å². The number of nitrogens with one attached hydrogen (secondary N) is 1. The van der Waals surface area contributed by atoms with Gasteiger partial charge in [0.1, 0.15) is 5.75 Å². The number of carbonyl (C=O) groups is 1. The topological polar surface area (TPSA) is 41.6 Å². The van der Waals surface area contributed by atoms with Crippen molar-refractivity contribution in [1.82, 2.24) is 10.2 Å². The summed E-state index contributed by atoms with van der Waals surface area (Å²) in [5, 5.41) is 3.52. The Morgan fingerprint density at radius 3 is 2.71 bits per heavy atom. The number of hydrogen-bond acceptors (Lipinski definition) is 3. The van der Waals surface area contributed by atoms with Crippen LogP contribution in [-0.2, 0) is 0 Å². The van der Waals surface area contributed by atoms with Gasteiger partial charge in [0.15, 0.2) is 0 Å². The average molecular weight is 290 g/mol. The molecule has 1 aromatic rings. The van der Waals surface area contributed by atoms with Gasteiger partial charge in [0.2, 0.25) is 0 Å². The number of ether oxygens (including phenoxy) is 1. The first-order chi connectivity index (χ1) is 10.2. The molecule has 0 aliphatic carbocycles. The maximum Gasteiger partial charge on any atom is 0.257 e. The molecule has 1 saturated heterocycles. The lowest BCUT2D eigenvalue weighted by Crippen LogP contribution is -2.57. The first-order valence-corrected chi connectivity index (χ1v) is 7.97. The Morgan fingerprint density at radius 2 is 2.05 bits per heavy atom. The Bertz CT molecular complexity index is 476. The van der Waals surface area contributed by atoms with Gasteiger partial charge in [-0.05, 0) is 31.9 Å². The lowest BCUT2D eigenvalue weighted by molar-refractivity contribution is 0.0572. The maximum absolute atomic E-state index is 12.9. The molecule has 21 heavy (non-hydrogen) atoms. The zero-order chi connectivity index (χ0) is 15.2. The van der Waals surface area contributed by atoms with Crippen LogP contribution in [0.25, 0.3) is 0 Å². The Kier molecular flexibility index (Phi) is 5.62. The molecular formula is C17H26N2O2. The summed E-state index contributed by atoms with van der Waals surface area (Å²) in [5.41, 5.74) is 0.676. The van der Waals surface area contributed by atoms with Crippen LogP contribution in [0.15, 0.2) is 24.3 Å².